The molecule has 2 rings (SSSR count). The van der Waals surface area contributed by atoms with Crippen LogP contribution in [-0.2, 0) is 11.3 Å². The van der Waals surface area contributed by atoms with E-state index in [2.05, 4.69) is 0 Å². The van der Waals surface area contributed by atoms with Gasteiger partial charge >= 0.3 is 12.0 Å². The van der Waals surface area contributed by atoms with Gasteiger partial charge in [-0.1, -0.05) is 0 Å². The number of carbonyl (C=O) groups is 2. The van der Waals surface area contributed by atoms with Crippen molar-refractivity contribution in [3.63, 3.8) is 0 Å². The van der Waals surface area contributed by atoms with Gasteiger partial charge in [-0.3, -0.25) is 0 Å². The molecular formula is C14H20N2O4. The van der Waals surface area contributed by atoms with E-state index >= 15 is 0 Å². The van der Waals surface area contributed by atoms with Crippen LogP contribution in [0.4, 0.5) is 4.79 Å². The fourth-order valence-electron chi connectivity index (χ4n) is 2.51. The predicted molar refractivity (Wildman–Crippen MR) is 72.3 cm³/mol. The molecule has 1 aromatic rings. The molecule has 1 unspecified atom stereocenters. The summed E-state index contributed by atoms with van der Waals surface area (Å²) < 4.78 is 5.44. The summed E-state index contributed by atoms with van der Waals surface area (Å²) in [5.74, 6) is 0.560. The van der Waals surface area contributed by atoms with Gasteiger partial charge in [-0.05, 0) is 38.3 Å². The average molecular weight is 280 g/mol. The fourth-order valence-corrected chi connectivity index (χ4v) is 2.51. The lowest BCUT2D eigenvalue weighted by Crippen LogP contribution is -2.52. The third-order valence-electron chi connectivity index (χ3n) is 3.55. The van der Waals surface area contributed by atoms with E-state index in [1.165, 1.54) is 9.80 Å². The molecule has 1 saturated heterocycles. The summed E-state index contributed by atoms with van der Waals surface area (Å²) in [6.07, 6.45) is 2.22. The Bertz CT molecular complexity index is 497. The van der Waals surface area contributed by atoms with Crippen LogP contribution < -0.4 is 0 Å². The summed E-state index contributed by atoms with van der Waals surface area (Å²) in [5.41, 5.74) is 0. The molecule has 110 valence electrons. The molecule has 1 atom stereocenters. The third kappa shape index (κ3) is 3.12. The molecule has 1 aliphatic heterocycles. The summed E-state index contributed by atoms with van der Waals surface area (Å²) in [6, 6.07) is 2.70. The lowest BCUT2D eigenvalue weighted by Gasteiger charge is -2.35. The SMILES string of the molecule is Cc1ccc(CN(C)C(=O)N2CCCCC2C(=O)O)o1. The first-order valence-corrected chi connectivity index (χ1v) is 6.79. The summed E-state index contributed by atoms with van der Waals surface area (Å²) in [6.45, 7) is 2.68. The van der Waals surface area contributed by atoms with Gasteiger partial charge in [0, 0.05) is 13.6 Å². The molecule has 0 saturated carbocycles. The molecule has 1 N–H and O–H groups in total. The van der Waals surface area contributed by atoms with Gasteiger partial charge < -0.3 is 19.3 Å². The number of furan rings is 1. The largest absolute Gasteiger partial charge is 0.480 e. The highest BCUT2D eigenvalue weighted by atomic mass is 16.4. The molecule has 1 aliphatic rings. The Balaban J connectivity index is 2.02. The molecule has 20 heavy (non-hydrogen) atoms. The zero-order valence-corrected chi connectivity index (χ0v) is 11.8. The third-order valence-corrected chi connectivity index (χ3v) is 3.55. The molecule has 6 heteroatoms. The van der Waals surface area contributed by atoms with Crippen molar-refractivity contribution in [3.8, 4) is 0 Å². The number of piperidine rings is 1. The van der Waals surface area contributed by atoms with E-state index in [-0.39, 0.29) is 6.03 Å². The van der Waals surface area contributed by atoms with Crippen LogP contribution in [0.5, 0.6) is 0 Å². The van der Waals surface area contributed by atoms with E-state index in [1.807, 2.05) is 19.1 Å². The van der Waals surface area contributed by atoms with E-state index in [9.17, 15) is 14.7 Å². The molecule has 1 fully saturated rings. The summed E-state index contributed by atoms with van der Waals surface area (Å²) in [7, 11) is 1.66. The second-order valence-corrected chi connectivity index (χ2v) is 5.19. The van der Waals surface area contributed by atoms with Gasteiger partial charge in [0.1, 0.15) is 17.6 Å². The monoisotopic (exact) mass is 280 g/mol. The van der Waals surface area contributed by atoms with Crippen LogP contribution in [0, 0.1) is 6.92 Å². The number of nitrogens with zero attached hydrogens (tertiary/aromatic N) is 2. The first-order chi connectivity index (χ1) is 9.49. The first-order valence-electron chi connectivity index (χ1n) is 6.79. The van der Waals surface area contributed by atoms with E-state index < -0.39 is 12.0 Å². The minimum absolute atomic E-state index is 0.258. The highest BCUT2D eigenvalue weighted by Gasteiger charge is 2.33. The van der Waals surface area contributed by atoms with Crippen LogP contribution in [0.2, 0.25) is 0 Å². The van der Waals surface area contributed by atoms with Crippen molar-refractivity contribution in [1.82, 2.24) is 9.80 Å². The number of rotatable bonds is 3. The van der Waals surface area contributed by atoms with Crippen molar-refractivity contribution < 1.29 is 19.1 Å². The average Bonchev–Trinajstić information content (AvgIpc) is 2.83. The molecule has 0 aromatic carbocycles. The van der Waals surface area contributed by atoms with Crippen molar-refractivity contribution in [2.45, 2.75) is 38.8 Å². The molecular weight excluding hydrogens is 260 g/mol. The summed E-state index contributed by atoms with van der Waals surface area (Å²) in [4.78, 5) is 26.5. The van der Waals surface area contributed by atoms with Crippen LogP contribution in [-0.4, -0.2) is 46.5 Å². The van der Waals surface area contributed by atoms with Crippen molar-refractivity contribution >= 4 is 12.0 Å². The molecule has 0 radical (unpaired) electrons. The summed E-state index contributed by atoms with van der Waals surface area (Å²) in [5, 5.41) is 9.20. The lowest BCUT2D eigenvalue weighted by atomic mass is 10.0. The van der Waals surface area contributed by atoms with Gasteiger partial charge in [0.15, 0.2) is 0 Å². The second kappa shape index (κ2) is 5.98. The Kier molecular flexibility index (Phi) is 4.32. The quantitative estimate of drug-likeness (QED) is 0.920. The maximum Gasteiger partial charge on any atom is 0.326 e. The summed E-state index contributed by atoms with van der Waals surface area (Å²) >= 11 is 0. The molecule has 2 amide bonds. The Morgan fingerprint density at radius 3 is 2.80 bits per heavy atom. The van der Waals surface area contributed by atoms with E-state index in [4.69, 9.17) is 4.42 Å². The van der Waals surface area contributed by atoms with Crippen LogP contribution in [0.25, 0.3) is 0 Å². The molecule has 2 heterocycles. The number of hydrogen-bond acceptors (Lipinski definition) is 3. The Morgan fingerprint density at radius 1 is 1.45 bits per heavy atom. The second-order valence-electron chi connectivity index (χ2n) is 5.19. The Hall–Kier alpha value is -1.98. The van der Waals surface area contributed by atoms with Crippen molar-refractivity contribution in [3.05, 3.63) is 23.7 Å². The number of likely N-dealkylation sites (tertiary alicyclic amines) is 1. The molecule has 0 spiro atoms. The van der Waals surface area contributed by atoms with Crippen LogP contribution >= 0.6 is 0 Å². The minimum atomic E-state index is -0.930. The zero-order chi connectivity index (χ0) is 14.7. The number of carbonyl (C=O) groups excluding carboxylic acids is 1. The number of amides is 2. The van der Waals surface area contributed by atoms with Gasteiger partial charge in [-0.15, -0.1) is 0 Å². The van der Waals surface area contributed by atoms with Crippen molar-refractivity contribution in [2.24, 2.45) is 0 Å². The van der Waals surface area contributed by atoms with E-state index in [0.29, 0.717) is 25.3 Å². The standard InChI is InChI=1S/C14H20N2O4/c1-10-6-7-11(20-10)9-15(2)14(19)16-8-4-3-5-12(16)13(17)18/h6-7,12H,3-5,8-9H2,1-2H3,(H,17,18). The van der Waals surface area contributed by atoms with Crippen LogP contribution in [0.3, 0.4) is 0 Å². The number of carboxylic acids is 1. The molecule has 1 aromatic heterocycles. The fraction of sp³-hybridized carbons (Fsp3) is 0.571. The molecule has 0 aliphatic carbocycles. The number of carboxylic acid groups (broad SMARTS) is 1. The topological polar surface area (TPSA) is 74.0 Å². The van der Waals surface area contributed by atoms with E-state index in [1.54, 1.807) is 7.05 Å². The smallest absolute Gasteiger partial charge is 0.326 e. The van der Waals surface area contributed by atoms with Crippen LogP contribution in [0.1, 0.15) is 30.8 Å². The van der Waals surface area contributed by atoms with Crippen LogP contribution in [0.15, 0.2) is 16.5 Å². The highest BCUT2D eigenvalue weighted by molar-refractivity contribution is 5.82. The van der Waals surface area contributed by atoms with Gasteiger partial charge in [0.2, 0.25) is 0 Å². The highest BCUT2D eigenvalue weighted by Crippen LogP contribution is 2.19. The lowest BCUT2D eigenvalue weighted by molar-refractivity contribution is -0.143. The maximum atomic E-state index is 12.4. The maximum absolute atomic E-state index is 12.4. The normalized spacial score (nSPS) is 18.9. The number of aryl methyl sites for hydroxylation is 1. The number of hydrogen-bond donors (Lipinski definition) is 1. The van der Waals surface area contributed by atoms with Gasteiger partial charge in [-0.2, -0.15) is 0 Å². The molecule has 6 nitrogen and oxygen atoms in total. The Labute approximate surface area is 118 Å². The van der Waals surface area contributed by atoms with Gasteiger partial charge in [0.05, 0.1) is 6.54 Å². The number of aliphatic carboxylic acids is 1. The van der Waals surface area contributed by atoms with Crippen molar-refractivity contribution in [2.75, 3.05) is 13.6 Å². The predicted octanol–water partition coefficient (Wildman–Crippen LogP) is 2.08. The first kappa shape index (κ1) is 14.4. The van der Waals surface area contributed by atoms with Crippen molar-refractivity contribution in [1.29, 1.82) is 0 Å². The van der Waals surface area contributed by atoms with E-state index in [0.717, 1.165) is 18.6 Å². The number of urea groups is 1. The molecule has 0 bridgehead atoms. The minimum Gasteiger partial charge on any atom is -0.480 e. The van der Waals surface area contributed by atoms with Gasteiger partial charge in [-0.25, -0.2) is 9.59 Å². The zero-order valence-electron chi connectivity index (χ0n) is 11.8. The van der Waals surface area contributed by atoms with Gasteiger partial charge in [0.25, 0.3) is 0 Å². The Morgan fingerprint density at radius 2 is 2.20 bits per heavy atom.